The Morgan fingerprint density at radius 3 is 2.61 bits per heavy atom. The molecule has 2 aromatic heterocycles. The fourth-order valence-corrected chi connectivity index (χ4v) is 2.42. The number of aromatic nitrogens is 5. The van der Waals surface area contributed by atoms with E-state index in [1.165, 1.54) is 38.2 Å². The number of rotatable bonds is 2. The Morgan fingerprint density at radius 1 is 1.06 bits per heavy atom. The number of aromatic amines is 2. The van der Waals surface area contributed by atoms with Gasteiger partial charge in [0.2, 0.25) is 5.82 Å². The van der Waals surface area contributed by atoms with Crippen LogP contribution in [0.15, 0.2) is 16.9 Å². The third kappa shape index (κ3) is 2.18. The minimum atomic E-state index is -0.221. The molecule has 0 aliphatic heterocycles. The molecule has 0 amide bonds. The van der Waals surface area contributed by atoms with Crippen molar-refractivity contribution in [3.63, 3.8) is 0 Å². The van der Waals surface area contributed by atoms with Crippen molar-refractivity contribution in [2.24, 2.45) is 0 Å². The van der Waals surface area contributed by atoms with Gasteiger partial charge in [0.25, 0.3) is 5.56 Å². The summed E-state index contributed by atoms with van der Waals surface area (Å²) in [5, 5.41) is 13.5. The molecule has 3 rings (SSSR count). The maximum atomic E-state index is 10.9. The van der Waals surface area contributed by atoms with Gasteiger partial charge < -0.3 is 0 Å². The number of nitrogens with zero attached hydrogens (tertiary/aromatic N) is 3. The Labute approximate surface area is 104 Å². The highest BCUT2D eigenvalue weighted by atomic mass is 16.1. The third-order valence-electron chi connectivity index (χ3n) is 3.40. The average Bonchev–Trinajstić information content (AvgIpc) is 2.90. The fourth-order valence-electron chi connectivity index (χ4n) is 2.42. The zero-order valence-electron chi connectivity index (χ0n) is 10.0. The molecule has 1 fully saturated rings. The molecule has 0 bridgehead atoms. The van der Waals surface area contributed by atoms with E-state index in [1.807, 2.05) is 0 Å². The van der Waals surface area contributed by atoms with Gasteiger partial charge >= 0.3 is 0 Å². The summed E-state index contributed by atoms with van der Waals surface area (Å²) in [7, 11) is 0. The van der Waals surface area contributed by atoms with Crippen LogP contribution < -0.4 is 5.56 Å². The molecule has 1 saturated carbocycles. The predicted octanol–water partition coefficient (Wildman–Crippen LogP) is 1.60. The van der Waals surface area contributed by atoms with E-state index in [4.69, 9.17) is 0 Å². The standard InChI is InChI=1S/C12H15N5O/c18-10-7-6-9(14-15-10)12-13-11(16-17-12)8-4-2-1-3-5-8/h6-8H,1-5H2,(H,15,18)(H,13,16,17). The molecule has 0 atom stereocenters. The molecular formula is C12H15N5O. The summed E-state index contributed by atoms with van der Waals surface area (Å²) < 4.78 is 0. The molecular weight excluding hydrogens is 230 g/mol. The molecule has 0 radical (unpaired) electrons. The zero-order chi connectivity index (χ0) is 12.4. The molecule has 2 heterocycles. The van der Waals surface area contributed by atoms with Crippen LogP contribution >= 0.6 is 0 Å². The van der Waals surface area contributed by atoms with Gasteiger partial charge in [0.15, 0.2) is 0 Å². The third-order valence-corrected chi connectivity index (χ3v) is 3.40. The predicted molar refractivity (Wildman–Crippen MR) is 66.1 cm³/mol. The lowest BCUT2D eigenvalue weighted by atomic mass is 9.89. The lowest BCUT2D eigenvalue weighted by Crippen LogP contribution is -2.07. The Morgan fingerprint density at radius 2 is 1.89 bits per heavy atom. The minimum Gasteiger partial charge on any atom is -0.268 e. The maximum Gasteiger partial charge on any atom is 0.264 e. The van der Waals surface area contributed by atoms with Crippen molar-refractivity contribution in [2.45, 2.75) is 38.0 Å². The molecule has 0 aromatic carbocycles. The van der Waals surface area contributed by atoms with Crippen LogP contribution in [-0.4, -0.2) is 25.4 Å². The molecule has 2 N–H and O–H groups in total. The molecule has 6 heteroatoms. The van der Waals surface area contributed by atoms with Crippen molar-refractivity contribution in [3.8, 4) is 11.5 Å². The van der Waals surface area contributed by atoms with Crippen molar-refractivity contribution in [3.05, 3.63) is 28.3 Å². The van der Waals surface area contributed by atoms with Crippen LogP contribution in [0.25, 0.3) is 11.5 Å². The summed E-state index contributed by atoms with van der Waals surface area (Å²) in [6.45, 7) is 0. The first-order valence-electron chi connectivity index (χ1n) is 6.31. The molecule has 0 unspecified atom stereocenters. The van der Waals surface area contributed by atoms with E-state index >= 15 is 0 Å². The fraction of sp³-hybridized carbons (Fsp3) is 0.500. The number of nitrogens with one attached hydrogen (secondary N) is 2. The van der Waals surface area contributed by atoms with Crippen LogP contribution in [0.4, 0.5) is 0 Å². The molecule has 18 heavy (non-hydrogen) atoms. The van der Waals surface area contributed by atoms with E-state index in [0.29, 0.717) is 17.4 Å². The van der Waals surface area contributed by atoms with Gasteiger partial charge in [0, 0.05) is 12.0 Å². The van der Waals surface area contributed by atoms with Crippen molar-refractivity contribution < 1.29 is 0 Å². The van der Waals surface area contributed by atoms with E-state index in [9.17, 15) is 4.79 Å². The van der Waals surface area contributed by atoms with Gasteiger partial charge in [0.05, 0.1) is 0 Å². The van der Waals surface area contributed by atoms with Gasteiger partial charge in [-0.3, -0.25) is 9.89 Å². The summed E-state index contributed by atoms with van der Waals surface area (Å²) in [5.41, 5.74) is 0.370. The highest BCUT2D eigenvalue weighted by molar-refractivity contribution is 5.46. The van der Waals surface area contributed by atoms with Crippen LogP contribution in [-0.2, 0) is 0 Å². The second kappa shape index (κ2) is 4.72. The van der Waals surface area contributed by atoms with Crippen LogP contribution in [0.3, 0.4) is 0 Å². The van der Waals surface area contributed by atoms with E-state index in [2.05, 4.69) is 25.4 Å². The van der Waals surface area contributed by atoms with Gasteiger partial charge in [-0.25, -0.2) is 10.1 Å². The summed E-state index contributed by atoms with van der Waals surface area (Å²) in [4.78, 5) is 15.4. The van der Waals surface area contributed by atoms with Gasteiger partial charge in [-0.05, 0) is 18.9 Å². The summed E-state index contributed by atoms with van der Waals surface area (Å²) in [5.74, 6) is 1.98. The minimum absolute atomic E-state index is 0.221. The molecule has 0 spiro atoms. The highest BCUT2D eigenvalue weighted by Gasteiger charge is 2.19. The molecule has 0 saturated heterocycles. The van der Waals surface area contributed by atoms with Crippen LogP contribution in [0.1, 0.15) is 43.8 Å². The van der Waals surface area contributed by atoms with Gasteiger partial charge in [0.1, 0.15) is 11.5 Å². The first-order chi connectivity index (χ1) is 8.83. The van der Waals surface area contributed by atoms with Crippen molar-refractivity contribution >= 4 is 0 Å². The van der Waals surface area contributed by atoms with Crippen LogP contribution in [0.2, 0.25) is 0 Å². The van der Waals surface area contributed by atoms with Crippen LogP contribution in [0.5, 0.6) is 0 Å². The second-order valence-corrected chi connectivity index (χ2v) is 4.69. The molecule has 2 aromatic rings. The summed E-state index contributed by atoms with van der Waals surface area (Å²) in [6.07, 6.45) is 6.19. The summed E-state index contributed by atoms with van der Waals surface area (Å²) >= 11 is 0. The van der Waals surface area contributed by atoms with Gasteiger partial charge in [-0.2, -0.15) is 10.2 Å². The number of hydrogen-bond donors (Lipinski definition) is 2. The second-order valence-electron chi connectivity index (χ2n) is 4.69. The Kier molecular flexibility index (Phi) is 2.92. The van der Waals surface area contributed by atoms with Crippen LogP contribution in [0, 0.1) is 0 Å². The van der Waals surface area contributed by atoms with E-state index in [1.54, 1.807) is 6.07 Å². The van der Waals surface area contributed by atoms with Crippen molar-refractivity contribution in [2.75, 3.05) is 0 Å². The van der Waals surface area contributed by atoms with E-state index in [-0.39, 0.29) is 5.56 Å². The van der Waals surface area contributed by atoms with Crippen molar-refractivity contribution in [1.82, 2.24) is 25.4 Å². The quantitative estimate of drug-likeness (QED) is 0.841. The van der Waals surface area contributed by atoms with Crippen molar-refractivity contribution in [1.29, 1.82) is 0 Å². The lowest BCUT2D eigenvalue weighted by molar-refractivity contribution is 0.429. The van der Waals surface area contributed by atoms with E-state index < -0.39 is 0 Å². The number of hydrogen-bond acceptors (Lipinski definition) is 4. The first-order valence-corrected chi connectivity index (χ1v) is 6.31. The monoisotopic (exact) mass is 245 g/mol. The molecule has 94 valence electrons. The van der Waals surface area contributed by atoms with Gasteiger partial charge in [-0.1, -0.05) is 19.3 Å². The SMILES string of the molecule is O=c1ccc(-c2n[nH]c(C3CCCCC3)n2)n[nH]1. The normalized spacial score (nSPS) is 16.9. The largest absolute Gasteiger partial charge is 0.268 e. The topological polar surface area (TPSA) is 87.3 Å². The van der Waals surface area contributed by atoms with Gasteiger partial charge in [-0.15, -0.1) is 0 Å². The zero-order valence-corrected chi connectivity index (χ0v) is 10.0. The highest BCUT2D eigenvalue weighted by Crippen LogP contribution is 2.30. The Bertz CT molecular complexity index is 562. The summed E-state index contributed by atoms with van der Waals surface area (Å²) in [6, 6.07) is 3.06. The Hall–Kier alpha value is -1.98. The Balaban J connectivity index is 1.84. The lowest BCUT2D eigenvalue weighted by Gasteiger charge is -2.18. The molecule has 1 aliphatic rings. The first kappa shape index (κ1) is 11.1. The average molecular weight is 245 g/mol. The smallest absolute Gasteiger partial charge is 0.264 e. The number of H-pyrrole nitrogens is 2. The maximum absolute atomic E-state index is 10.9. The van der Waals surface area contributed by atoms with E-state index in [0.717, 1.165) is 5.82 Å². The molecule has 1 aliphatic carbocycles. The molecule has 6 nitrogen and oxygen atoms in total.